The number of nitrogens with one attached hydrogen (secondary N) is 1. The van der Waals surface area contributed by atoms with Gasteiger partial charge >= 0.3 is 0 Å². The monoisotopic (exact) mass is 387 g/mol. The van der Waals surface area contributed by atoms with Crippen LogP contribution in [0.3, 0.4) is 0 Å². The topological polar surface area (TPSA) is 58.2 Å². The van der Waals surface area contributed by atoms with Gasteiger partial charge in [-0.15, -0.1) is 0 Å². The highest BCUT2D eigenvalue weighted by Crippen LogP contribution is 2.46. The minimum absolute atomic E-state index is 0.0478. The molecule has 0 aromatic heterocycles. The van der Waals surface area contributed by atoms with Gasteiger partial charge in [-0.05, 0) is 55.7 Å². The Hall–Kier alpha value is -2.60. The van der Waals surface area contributed by atoms with Crippen molar-refractivity contribution < 1.29 is 23.7 Å². The molecule has 6 nitrogen and oxygen atoms in total. The number of hydrogen-bond acceptors (Lipinski definition) is 6. The summed E-state index contributed by atoms with van der Waals surface area (Å²) in [7, 11) is 4.89. The van der Waals surface area contributed by atoms with Gasteiger partial charge in [0, 0.05) is 12.1 Å². The summed E-state index contributed by atoms with van der Waals surface area (Å²) in [6, 6.07) is 8.06. The van der Waals surface area contributed by atoms with E-state index in [0.717, 1.165) is 35.6 Å². The Labute approximate surface area is 166 Å². The zero-order chi connectivity index (χ0) is 20.1. The summed E-state index contributed by atoms with van der Waals surface area (Å²) >= 11 is 0. The van der Waals surface area contributed by atoms with E-state index in [2.05, 4.69) is 17.4 Å². The van der Waals surface area contributed by atoms with E-state index < -0.39 is 0 Å². The van der Waals surface area contributed by atoms with Crippen LogP contribution in [0.4, 0.5) is 0 Å². The van der Waals surface area contributed by atoms with Gasteiger partial charge in [0.25, 0.3) is 0 Å². The van der Waals surface area contributed by atoms with Crippen LogP contribution in [0.25, 0.3) is 0 Å². The van der Waals surface area contributed by atoms with E-state index in [1.165, 1.54) is 5.56 Å². The van der Waals surface area contributed by atoms with Crippen LogP contribution in [-0.2, 0) is 6.42 Å². The third-order valence-corrected chi connectivity index (χ3v) is 4.90. The standard InChI is InChI=1S/C22H29NO5/c1-6-27-18-12-14-10-11-23-20(16(14)13-19(18)28-7-2)15-8-9-17(24-3)22(26-5)21(15)25-4/h8-9,12-13,20,23H,6-7,10-11H2,1-5H3. The lowest BCUT2D eigenvalue weighted by Crippen LogP contribution is -2.31. The molecular weight excluding hydrogens is 358 g/mol. The van der Waals surface area contributed by atoms with Crippen molar-refractivity contribution in [2.24, 2.45) is 0 Å². The molecule has 1 unspecified atom stereocenters. The molecular formula is C22H29NO5. The van der Waals surface area contributed by atoms with Crippen molar-refractivity contribution in [3.8, 4) is 28.7 Å². The van der Waals surface area contributed by atoms with Crippen LogP contribution in [0.1, 0.15) is 36.6 Å². The smallest absolute Gasteiger partial charge is 0.203 e. The van der Waals surface area contributed by atoms with Crippen molar-refractivity contribution in [2.75, 3.05) is 41.1 Å². The van der Waals surface area contributed by atoms with Gasteiger partial charge in [-0.1, -0.05) is 0 Å². The van der Waals surface area contributed by atoms with Crippen LogP contribution in [0.2, 0.25) is 0 Å². The summed E-state index contributed by atoms with van der Waals surface area (Å²) in [6.45, 7) is 5.99. The maximum Gasteiger partial charge on any atom is 0.203 e. The van der Waals surface area contributed by atoms with Gasteiger partial charge in [-0.2, -0.15) is 0 Å². The molecule has 0 saturated carbocycles. The van der Waals surface area contributed by atoms with E-state index in [9.17, 15) is 0 Å². The fourth-order valence-electron chi connectivity index (χ4n) is 3.73. The van der Waals surface area contributed by atoms with Crippen molar-refractivity contribution in [3.05, 3.63) is 41.0 Å². The Morgan fingerprint density at radius 1 is 0.821 bits per heavy atom. The van der Waals surface area contributed by atoms with Crippen molar-refractivity contribution in [1.82, 2.24) is 5.32 Å². The lowest BCUT2D eigenvalue weighted by Gasteiger charge is -2.30. The summed E-state index contributed by atoms with van der Waals surface area (Å²) in [6.07, 6.45) is 0.925. The first-order chi connectivity index (χ1) is 13.7. The summed E-state index contributed by atoms with van der Waals surface area (Å²) < 4.78 is 28.4. The molecule has 2 aromatic rings. The SMILES string of the molecule is CCOc1cc2c(cc1OCC)C(c1ccc(OC)c(OC)c1OC)NCC2. The third-order valence-electron chi connectivity index (χ3n) is 4.90. The van der Waals surface area contributed by atoms with Gasteiger partial charge in [-0.3, -0.25) is 0 Å². The van der Waals surface area contributed by atoms with Gasteiger partial charge < -0.3 is 29.0 Å². The number of rotatable bonds is 8. The molecule has 1 aliphatic rings. The van der Waals surface area contributed by atoms with Crippen LogP contribution in [-0.4, -0.2) is 41.1 Å². The average molecular weight is 387 g/mol. The lowest BCUT2D eigenvalue weighted by atomic mass is 9.88. The molecule has 6 heteroatoms. The number of benzene rings is 2. The molecule has 1 N–H and O–H groups in total. The first kappa shape index (κ1) is 20.1. The van der Waals surface area contributed by atoms with Crippen molar-refractivity contribution in [1.29, 1.82) is 0 Å². The molecule has 0 bridgehead atoms. The molecule has 28 heavy (non-hydrogen) atoms. The molecule has 0 fully saturated rings. The molecule has 0 saturated heterocycles. The van der Waals surface area contributed by atoms with Gasteiger partial charge in [0.15, 0.2) is 23.0 Å². The van der Waals surface area contributed by atoms with E-state index in [1.54, 1.807) is 21.3 Å². The first-order valence-corrected chi connectivity index (χ1v) is 9.63. The molecule has 0 aliphatic carbocycles. The molecule has 1 aliphatic heterocycles. The fraction of sp³-hybridized carbons (Fsp3) is 0.455. The van der Waals surface area contributed by atoms with E-state index in [-0.39, 0.29) is 6.04 Å². The highest BCUT2D eigenvalue weighted by molar-refractivity contribution is 5.60. The minimum atomic E-state index is -0.0478. The van der Waals surface area contributed by atoms with E-state index >= 15 is 0 Å². The van der Waals surface area contributed by atoms with Crippen LogP contribution in [0, 0.1) is 0 Å². The zero-order valence-electron chi connectivity index (χ0n) is 17.3. The van der Waals surface area contributed by atoms with Crippen LogP contribution < -0.4 is 29.0 Å². The average Bonchev–Trinajstić information content (AvgIpc) is 2.72. The molecule has 3 rings (SSSR count). The fourth-order valence-corrected chi connectivity index (χ4v) is 3.73. The van der Waals surface area contributed by atoms with Gasteiger partial charge in [0.05, 0.1) is 40.6 Å². The molecule has 0 amide bonds. The summed E-state index contributed by atoms with van der Waals surface area (Å²) in [5.74, 6) is 3.45. The number of ether oxygens (including phenoxy) is 5. The molecule has 0 radical (unpaired) electrons. The predicted octanol–water partition coefficient (Wildman–Crippen LogP) is 3.74. The predicted molar refractivity (Wildman–Crippen MR) is 108 cm³/mol. The maximum atomic E-state index is 5.85. The van der Waals surface area contributed by atoms with Crippen LogP contribution in [0.5, 0.6) is 28.7 Å². The van der Waals surface area contributed by atoms with Gasteiger partial charge in [-0.25, -0.2) is 0 Å². The summed E-state index contributed by atoms with van der Waals surface area (Å²) in [5, 5.41) is 3.60. The quantitative estimate of drug-likeness (QED) is 0.745. The number of hydrogen-bond donors (Lipinski definition) is 1. The number of methoxy groups -OCH3 is 3. The van der Waals surface area contributed by atoms with Crippen molar-refractivity contribution in [3.63, 3.8) is 0 Å². The maximum absolute atomic E-state index is 5.85. The van der Waals surface area contributed by atoms with E-state index in [4.69, 9.17) is 23.7 Å². The second kappa shape index (κ2) is 9.06. The normalized spacial score (nSPS) is 15.5. The molecule has 0 spiro atoms. The Morgan fingerprint density at radius 2 is 1.50 bits per heavy atom. The molecule has 2 aromatic carbocycles. The molecule has 1 atom stereocenters. The van der Waals surface area contributed by atoms with Gasteiger partial charge in [0.1, 0.15) is 0 Å². The molecule has 1 heterocycles. The second-order valence-electron chi connectivity index (χ2n) is 6.42. The van der Waals surface area contributed by atoms with Crippen LogP contribution in [0.15, 0.2) is 24.3 Å². The van der Waals surface area contributed by atoms with Crippen molar-refractivity contribution in [2.45, 2.75) is 26.3 Å². The third kappa shape index (κ3) is 3.69. The zero-order valence-corrected chi connectivity index (χ0v) is 17.3. The number of fused-ring (bicyclic) bond motifs is 1. The minimum Gasteiger partial charge on any atom is -0.493 e. The van der Waals surface area contributed by atoms with E-state index in [1.807, 2.05) is 26.0 Å². The highest BCUT2D eigenvalue weighted by atomic mass is 16.5. The first-order valence-electron chi connectivity index (χ1n) is 9.63. The van der Waals surface area contributed by atoms with E-state index in [0.29, 0.717) is 30.5 Å². The summed E-state index contributed by atoms with van der Waals surface area (Å²) in [5.41, 5.74) is 3.39. The van der Waals surface area contributed by atoms with Gasteiger partial charge in [0.2, 0.25) is 5.75 Å². The second-order valence-corrected chi connectivity index (χ2v) is 6.42. The Morgan fingerprint density at radius 3 is 2.11 bits per heavy atom. The Kier molecular flexibility index (Phi) is 6.52. The highest BCUT2D eigenvalue weighted by Gasteiger charge is 2.28. The largest absolute Gasteiger partial charge is 0.493 e. The van der Waals surface area contributed by atoms with Crippen LogP contribution >= 0.6 is 0 Å². The molecule has 152 valence electrons. The Bertz CT molecular complexity index is 821. The summed E-state index contributed by atoms with van der Waals surface area (Å²) in [4.78, 5) is 0. The van der Waals surface area contributed by atoms with Crippen molar-refractivity contribution >= 4 is 0 Å². The lowest BCUT2D eigenvalue weighted by molar-refractivity contribution is 0.286. The Balaban J connectivity index is 2.13.